The Bertz CT molecular complexity index is 298. The van der Waals surface area contributed by atoms with Gasteiger partial charge in [-0.05, 0) is 6.92 Å². The number of carbonyl (C=O) groups excluding carboxylic acids is 1. The highest BCUT2D eigenvalue weighted by molar-refractivity contribution is 5.80. The molecule has 2 amide bonds. The summed E-state index contributed by atoms with van der Waals surface area (Å²) in [6.07, 6.45) is 5.08. The van der Waals surface area contributed by atoms with Crippen LogP contribution in [0.5, 0.6) is 0 Å². The molecule has 0 heterocycles. The zero-order valence-electron chi connectivity index (χ0n) is 10.2. The zero-order valence-corrected chi connectivity index (χ0v) is 10.2. The smallest absolute Gasteiger partial charge is 0.323 e. The van der Waals surface area contributed by atoms with Crippen molar-refractivity contribution in [3.05, 3.63) is 0 Å². The van der Waals surface area contributed by atoms with Crippen LogP contribution in [0.25, 0.3) is 0 Å². The minimum atomic E-state index is -1.09. The normalized spacial score (nSPS) is 9.47. The van der Waals surface area contributed by atoms with Crippen LogP contribution < -0.4 is 0 Å². The third kappa shape index (κ3) is 6.43. The molecule has 1 N–H and O–H groups in total. The highest BCUT2D eigenvalue weighted by Gasteiger charge is 2.19. The Hall–Kier alpha value is -1.74. The fourth-order valence-corrected chi connectivity index (χ4v) is 1.15. The van der Waals surface area contributed by atoms with Crippen LogP contribution in [-0.4, -0.2) is 66.8 Å². The molecule has 96 valence electrons. The third-order valence-electron chi connectivity index (χ3n) is 1.98. The van der Waals surface area contributed by atoms with E-state index >= 15 is 0 Å². The van der Waals surface area contributed by atoms with Gasteiger partial charge in [-0.1, -0.05) is 5.92 Å². The van der Waals surface area contributed by atoms with Crippen LogP contribution in [0.3, 0.4) is 0 Å². The number of aliphatic carboxylic acids is 1. The van der Waals surface area contributed by atoms with E-state index in [0.717, 1.165) is 4.90 Å². The van der Waals surface area contributed by atoms with Crippen LogP contribution in [0.2, 0.25) is 0 Å². The molecule has 0 saturated carbocycles. The number of carboxylic acid groups (broad SMARTS) is 1. The first-order valence-electron chi connectivity index (χ1n) is 5.26. The lowest BCUT2D eigenvalue weighted by Crippen LogP contribution is -2.44. The number of likely N-dealkylation sites (N-methyl/N-ethyl adjacent to an activating group) is 1. The molecule has 0 bridgehead atoms. The summed E-state index contributed by atoms with van der Waals surface area (Å²) in [5.74, 6) is 1.17. The topological polar surface area (TPSA) is 70.1 Å². The molecule has 0 aromatic rings. The molecular weight excluding hydrogens is 224 g/mol. The Balaban J connectivity index is 4.29. The van der Waals surface area contributed by atoms with Crippen molar-refractivity contribution in [1.29, 1.82) is 0 Å². The predicted octanol–water partition coefficient (Wildman–Crippen LogP) is 0.0945. The van der Waals surface area contributed by atoms with Crippen molar-refractivity contribution in [2.75, 3.05) is 39.9 Å². The molecule has 0 radical (unpaired) electrons. The number of hydrogen-bond acceptors (Lipinski definition) is 3. The molecule has 0 rings (SSSR count). The molecule has 0 aliphatic heterocycles. The van der Waals surface area contributed by atoms with Crippen molar-refractivity contribution in [1.82, 2.24) is 9.80 Å². The second-order valence-electron chi connectivity index (χ2n) is 3.35. The van der Waals surface area contributed by atoms with Crippen LogP contribution >= 0.6 is 0 Å². The van der Waals surface area contributed by atoms with Gasteiger partial charge in [-0.25, -0.2) is 4.79 Å². The number of rotatable bonds is 7. The van der Waals surface area contributed by atoms with Crippen LogP contribution in [-0.2, 0) is 9.53 Å². The highest BCUT2D eigenvalue weighted by atomic mass is 16.5. The van der Waals surface area contributed by atoms with Crippen LogP contribution in [0.1, 0.15) is 6.92 Å². The van der Waals surface area contributed by atoms with Gasteiger partial charge in [-0.15, -0.1) is 6.42 Å². The fourth-order valence-electron chi connectivity index (χ4n) is 1.15. The first-order valence-corrected chi connectivity index (χ1v) is 5.26. The number of hydrogen-bond donors (Lipinski definition) is 1. The van der Waals surface area contributed by atoms with Crippen molar-refractivity contribution in [2.45, 2.75) is 6.92 Å². The summed E-state index contributed by atoms with van der Waals surface area (Å²) in [5.41, 5.74) is 0. The van der Waals surface area contributed by atoms with Crippen LogP contribution in [0.15, 0.2) is 0 Å². The molecule has 0 saturated heterocycles. The third-order valence-corrected chi connectivity index (χ3v) is 1.98. The van der Waals surface area contributed by atoms with Gasteiger partial charge in [0.15, 0.2) is 0 Å². The lowest BCUT2D eigenvalue weighted by molar-refractivity contribution is -0.137. The molecule has 6 nitrogen and oxygen atoms in total. The summed E-state index contributed by atoms with van der Waals surface area (Å²) in [4.78, 5) is 24.8. The average Bonchev–Trinajstić information content (AvgIpc) is 2.27. The lowest BCUT2D eigenvalue weighted by Gasteiger charge is -2.25. The summed E-state index contributed by atoms with van der Waals surface area (Å²) in [6.45, 7) is 2.82. The van der Waals surface area contributed by atoms with Gasteiger partial charge in [0.25, 0.3) is 0 Å². The molecule has 17 heavy (non-hydrogen) atoms. The van der Waals surface area contributed by atoms with Crippen molar-refractivity contribution < 1.29 is 19.4 Å². The van der Waals surface area contributed by atoms with Gasteiger partial charge in [-0.3, -0.25) is 4.79 Å². The Morgan fingerprint density at radius 3 is 2.59 bits per heavy atom. The van der Waals surface area contributed by atoms with E-state index in [1.807, 2.05) is 6.92 Å². The van der Waals surface area contributed by atoms with Gasteiger partial charge in [-0.2, -0.15) is 0 Å². The average molecular weight is 242 g/mol. The summed E-state index contributed by atoms with van der Waals surface area (Å²) >= 11 is 0. The Morgan fingerprint density at radius 2 is 2.12 bits per heavy atom. The van der Waals surface area contributed by atoms with Gasteiger partial charge in [0, 0.05) is 20.2 Å². The van der Waals surface area contributed by atoms with E-state index in [1.54, 1.807) is 7.05 Å². The molecule has 0 aromatic carbocycles. The number of amides is 2. The SMILES string of the molecule is C#CCN(CC(=O)O)C(=O)N(C)CCOCC. The highest BCUT2D eigenvalue weighted by Crippen LogP contribution is 1.97. The van der Waals surface area contributed by atoms with E-state index in [0.29, 0.717) is 19.8 Å². The number of nitrogens with zero attached hydrogens (tertiary/aromatic N) is 2. The number of urea groups is 1. The van der Waals surface area contributed by atoms with E-state index in [-0.39, 0.29) is 6.54 Å². The van der Waals surface area contributed by atoms with Gasteiger partial charge in [0.05, 0.1) is 13.2 Å². The minimum absolute atomic E-state index is 0.0237. The summed E-state index contributed by atoms with van der Waals surface area (Å²) in [6, 6.07) is -0.412. The number of ether oxygens (including phenoxy) is 1. The van der Waals surface area contributed by atoms with Gasteiger partial charge < -0.3 is 19.6 Å². The van der Waals surface area contributed by atoms with E-state index < -0.39 is 18.5 Å². The fraction of sp³-hybridized carbons (Fsp3) is 0.636. The molecule has 0 aromatic heterocycles. The second kappa shape index (κ2) is 8.42. The monoisotopic (exact) mass is 242 g/mol. The largest absolute Gasteiger partial charge is 0.480 e. The van der Waals surface area contributed by atoms with Crippen molar-refractivity contribution in [3.63, 3.8) is 0 Å². The van der Waals surface area contributed by atoms with Gasteiger partial charge in [0.2, 0.25) is 0 Å². The molecular formula is C11H18N2O4. The Morgan fingerprint density at radius 1 is 1.47 bits per heavy atom. The number of terminal acetylenes is 1. The maximum Gasteiger partial charge on any atom is 0.323 e. The molecule has 0 aliphatic rings. The summed E-state index contributed by atoms with van der Waals surface area (Å²) in [7, 11) is 1.58. The van der Waals surface area contributed by atoms with Crippen molar-refractivity contribution in [2.24, 2.45) is 0 Å². The van der Waals surface area contributed by atoms with Crippen LogP contribution in [0, 0.1) is 12.3 Å². The molecule has 0 fully saturated rings. The van der Waals surface area contributed by atoms with Crippen LogP contribution in [0.4, 0.5) is 4.79 Å². The maximum atomic E-state index is 11.8. The zero-order chi connectivity index (χ0) is 13.3. The summed E-state index contributed by atoms with van der Waals surface area (Å²) in [5, 5.41) is 8.65. The number of carbonyl (C=O) groups is 2. The molecule has 6 heteroatoms. The number of carboxylic acids is 1. The van der Waals surface area contributed by atoms with E-state index in [1.165, 1.54) is 4.90 Å². The molecule has 0 spiro atoms. The van der Waals surface area contributed by atoms with Gasteiger partial charge in [0.1, 0.15) is 6.54 Å². The van der Waals surface area contributed by atoms with Crippen molar-refractivity contribution in [3.8, 4) is 12.3 Å². The Kier molecular flexibility index (Phi) is 7.55. The molecule has 0 aliphatic carbocycles. The van der Waals surface area contributed by atoms with Gasteiger partial charge >= 0.3 is 12.0 Å². The van der Waals surface area contributed by atoms with E-state index in [2.05, 4.69) is 5.92 Å². The van der Waals surface area contributed by atoms with Crippen molar-refractivity contribution >= 4 is 12.0 Å². The predicted molar refractivity (Wildman–Crippen MR) is 62.6 cm³/mol. The standard InChI is InChI=1S/C11H18N2O4/c1-4-6-13(9-10(14)15)11(16)12(3)7-8-17-5-2/h1H,5-9H2,2-3H3,(H,14,15). The summed E-state index contributed by atoms with van der Waals surface area (Å²) < 4.78 is 5.11. The molecule has 0 atom stereocenters. The van der Waals surface area contributed by atoms with E-state index in [4.69, 9.17) is 16.3 Å². The first-order chi connectivity index (χ1) is 8.02. The molecule has 0 unspecified atom stereocenters. The minimum Gasteiger partial charge on any atom is -0.480 e. The van der Waals surface area contributed by atoms with E-state index in [9.17, 15) is 9.59 Å². The lowest BCUT2D eigenvalue weighted by atomic mass is 10.4. The second-order valence-corrected chi connectivity index (χ2v) is 3.35. The quantitative estimate of drug-likeness (QED) is 0.507. The Labute approximate surface area is 101 Å². The maximum absolute atomic E-state index is 11.8. The first kappa shape index (κ1) is 15.3.